The summed E-state index contributed by atoms with van der Waals surface area (Å²) in [4.78, 5) is 0. The summed E-state index contributed by atoms with van der Waals surface area (Å²) in [7, 11) is -2.14. The molecule has 2 aliphatic rings. The molecule has 0 amide bonds. The molecule has 0 bridgehead atoms. The quantitative estimate of drug-likeness (QED) is 0.495. The normalized spacial score (nSPS) is 26.5. The summed E-state index contributed by atoms with van der Waals surface area (Å²) in [6.45, 7) is 11.2. The Labute approximate surface area is 139 Å². The Morgan fingerprint density at radius 2 is 1.45 bits per heavy atom. The Morgan fingerprint density at radius 3 is 1.91 bits per heavy atom. The van der Waals surface area contributed by atoms with Crippen LogP contribution in [0.3, 0.4) is 0 Å². The first-order chi connectivity index (χ1) is 10.6. The predicted octanol–water partition coefficient (Wildman–Crippen LogP) is 6.20. The van der Waals surface area contributed by atoms with Gasteiger partial charge in [-0.3, -0.25) is 0 Å². The molecule has 2 nitrogen and oxygen atoms in total. The van der Waals surface area contributed by atoms with Crippen molar-refractivity contribution in [1.29, 1.82) is 0 Å². The van der Waals surface area contributed by atoms with Gasteiger partial charge in [0.25, 0.3) is 0 Å². The Balaban J connectivity index is 2.29. The second-order valence-electron chi connectivity index (χ2n) is 8.19. The minimum Gasteiger partial charge on any atom is -0.394 e. The molecule has 0 saturated heterocycles. The third kappa shape index (κ3) is 3.96. The van der Waals surface area contributed by atoms with Gasteiger partial charge in [-0.2, -0.15) is 0 Å². The lowest BCUT2D eigenvalue weighted by Gasteiger charge is -2.47. The van der Waals surface area contributed by atoms with Crippen molar-refractivity contribution in [2.24, 2.45) is 5.41 Å². The van der Waals surface area contributed by atoms with Gasteiger partial charge in [-0.15, -0.1) is 0 Å². The van der Waals surface area contributed by atoms with E-state index in [1.165, 1.54) is 51.4 Å². The largest absolute Gasteiger partial charge is 0.394 e. The van der Waals surface area contributed by atoms with Crippen LogP contribution in [0.2, 0.25) is 11.1 Å². The van der Waals surface area contributed by atoms with Gasteiger partial charge < -0.3 is 8.85 Å². The van der Waals surface area contributed by atoms with Crippen molar-refractivity contribution in [3.05, 3.63) is 0 Å². The van der Waals surface area contributed by atoms with E-state index in [1.807, 2.05) is 0 Å². The SMILES string of the molecule is CCCO[Si](OCCC)(C1CCCCC1)C1CCCC1(C)C. The Morgan fingerprint density at radius 1 is 0.864 bits per heavy atom. The van der Waals surface area contributed by atoms with E-state index in [0.29, 0.717) is 11.0 Å². The highest BCUT2D eigenvalue weighted by atomic mass is 28.4. The molecule has 0 aromatic carbocycles. The van der Waals surface area contributed by atoms with Crippen molar-refractivity contribution in [1.82, 2.24) is 0 Å². The van der Waals surface area contributed by atoms with Gasteiger partial charge in [0.1, 0.15) is 0 Å². The molecule has 1 unspecified atom stereocenters. The molecule has 22 heavy (non-hydrogen) atoms. The van der Waals surface area contributed by atoms with Gasteiger partial charge in [0.15, 0.2) is 0 Å². The summed E-state index contributed by atoms with van der Waals surface area (Å²) in [6, 6.07) is 0. The first-order valence-corrected chi connectivity index (χ1v) is 11.8. The van der Waals surface area contributed by atoms with Crippen molar-refractivity contribution < 1.29 is 8.85 Å². The van der Waals surface area contributed by atoms with Crippen LogP contribution in [-0.4, -0.2) is 21.8 Å². The monoisotopic (exact) mass is 326 g/mol. The van der Waals surface area contributed by atoms with Crippen molar-refractivity contribution in [2.45, 2.75) is 103 Å². The maximum Gasteiger partial charge on any atom is 0.345 e. The molecule has 2 fully saturated rings. The summed E-state index contributed by atoms with van der Waals surface area (Å²) < 4.78 is 13.5. The van der Waals surface area contributed by atoms with Crippen molar-refractivity contribution in [3.63, 3.8) is 0 Å². The molecule has 0 aliphatic heterocycles. The first-order valence-electron chi connectivity index (χ1n) is 9.84. The fraction of sp³-hybridized carbons (Fsp3) is 1.00. The van der Waals surface area contributed by atoms with E-state index in [4.69, 9.17) is 8.85 Å². The molecule has 0 heterocycles. The minimum absolute atomic E-state index is 0.408. The van der Waals surface area contributed by atoms with Crippen molar-refractivity contribution in [2.75, 3.05) is 13.2 Å². The summed E-state index contributed by atoms with van der Waals surface area (Å²) in [5.74, 6) is 0. The molecule has 0 N–H and O–H groups in total. The molecule has 0 spiro atoms. The molecule has 0 radical (unpaired) electrons. The Bertz CT molecular complexity index is 315. The summed E-state index contributed by atoms with van der Waals surface area (Å²) in [6.07, 6.45) is 13.2. The first kappa shape index (κ1) is 18.5. The fourth-order valence-corrected chi connectivity index (χ4v) is 10.5. The topological polar surface area (TPSA) is 18.5 Å². The van der Waals surface area contributed by atoms with Crippen molar-refractivity contribution >= 4 is 8.56 Å². The molecule has 130 valence electrons. The molecular formula is C19H38O2Si. The Kier molecular flexibility index (Phi) is 6.97. The third-order valence-corrected chi connectivity index (χ3v) is 11.0. The standard InChI is InChI=1S/C19H38O2Si/c1-5-15-20-22(21-16-6-2,17-11-8-7-9-12-17)18-13-10-14-19(18,3)4/h17-18H,5-16H2,1-4H3. The zero-order valence-corrected chi connectivity index (χ0v) is 16.5. The molecule has 3 heteroatoms. The van der Waals surface area contributed by atoms with Gasteiger partial charge in [0, 0.05) is 24.3 Å². The second-order valence-corrected chi connectivity index (χ2v) is 11.7. The van der Waals surface area contributed by atoms with Crippen LogP contribution in [0.15, 0.2) is 0 Å². The maximum absolute atomic E-state index is 6.76. The average molecular weight is 327 g/mol. The maximum atomic E-state index is 6.76. The molecule has 0 aromatic heterocycles. The molecule has 2 saturated carbocycles. The van der Waals surface area contributed by atoms with Crippen LogP contribution < -0.4 is 0 Å². The van der Waals surface area contributed by atoms with Crippen LogP contribution >= 0.6 is 0 Å². The van der Waals surface area contributed by atoms with E-state index in [1.54, 1.807) is 0 Å². The van der Waals surface area contributed by atoms with Gasteiger partial charge in [-0.05, 0) is 43.9 Å². The highest BCUT2D eigenvalue weighted by molar-refractivity contribution is 6.70. The van der Waals surface area contributed by atoms with E-state index in [0.717, 1.165) is 31.6 Å². The molecule has 1 atom stereocenters. The molecule has 0 aromatic rings. The van der Waals surface area contributed by atoms with Gasteiger partial charge in [0.05, 0.1) is 0 Å². The van der Waals surface area contributed by atoms with E-state index < -0.39 is 8.56 Å². The third-order valence-electron chi connectivity index (χ3n) is 5.98. The summed E-state index contributed by atoms with van der Waals surface area (Å²) in [5, 5.41) is 0. The smallest absolute Gasteiger partial charge is 0.345 e. The lowest BCUT2D eigenvalue weighted by atomic mass is 9.91. The van der Waals surface area contributed by atoms with E-state index in [9.17, 15) is 0 Å². The van der Waals surface area contributed by atoms with Gasteiger partial charge in [0.2, 0.25) is 0 Å². The van der Waals surface area contributed by atoms with E-state index in [-0.39, 0.29) is 0 Å². The lowest BCUT2D eigenvalue weighted by Crippen LogP contribution is -2.54. The highest BCUT2D eigenvalue weighted by Crippen LogP contribution is 2.57. The van der Waals surface area contributed by atoms with Crippen LogP contribution in [0.4, 0.5) is 0 Å². The van der Waals surface area contributed by atoms with Gasteiger partial charge in [-0.1, -0.05) is 53.4 Å². The average Bonchev–Trinajstić information content (AvgIpc) is 2.89. The zero-order valence-electron chi connectivity index (χ0n) is 15.5. The van der Waals surface area contributed by atoms with Crippen LogP contribution in [0.1, 0.15) is 91.9 Å². The zero-order chi connectivity index (χ0) is 16.1. The van der Waals surface area contributed by atoms with Crippen molar-refractivity contribution in [3.8, 4) is 0 Å². The predicted molar refractivity (Wildman–Crippen MR) is 96.5 cm³/mol. The number of hydrogen-bond donors (Lipinski definition) is 0. The minimum atomic E-state index is -2.14. The van der Waals surface area contributed by atoms with E-state index in [2.05, 4.69) is 27.7 Å². The van der Waals surface area contributed by atoms with Crippen LogP contribution in [0, 0.1) is 5.41 Å². The van der Waals surface area contributed by atoms with Gasteiger partial charge >= 0.3 is 8.56 Å². The van der Waals surface area contributed by atoms with Gasteiger partial charge in [-0.25, -0.2) is 0 Å². The number of hydrogen-bond acceptors (Lipinski definition) is 2. The van der Waals surface area contributed by atoms with E-state index >= 15 is 0 Å². The number of rotatable bonds is 8. The van der Waals surface area contributed by atoms with Crippen LogP contribution in [0.5, 0.6) is 0 Å². The van der Waals surface area contributed by atoms with Crippen LogP contribution in [-0.2, 0) is 8.85 Å². The van der Waals surface area contributed by atoms with Crippen LogP contribution in [0.25, 0.3) is 0 Å². The Hall–Kier alpha value is 0.137. The lowest BCUT2D eigenvalue weighted by molar-refractivity contribution is 0.125. The summed E-state index contributed by atoms with van der Waals surface area (Å²) in [5.41, 5.74) is 1.84. The highest BCUT2D eigenvalue weighted by Gasteiger charge is 2.58. The molecule has 2 aliphatic carbocycles. The molecular weight excluding hydrogens is 288 g/mol. The molecule has 2 rings (SSSR count). The second kappa shape index (κ2) is 8.30. The summed E-state index contributed by atoms with van der Waals surface area (Å²) >= 11 is 0. The fourth-order valence-electron chi connectivity index (χ4n) is 4.86.